The first kappa shape index (κ1) is 12.9. The van der Waals surface area contributed by atoms with E-state index in [1.807, 2.05) is 0 Å². The van der Waals surface area contributed by atoms with Crippen molar-refractivity contribution in [1.82, 2.24) is 4.90 Å². The zero-order valence-electron chi connectivity index (χ0n) is 12.0. The van der Waals surface area contributed by atoms with Crippen LogP contribution in [0.3, 0.4) is 0 Å². The first-order chi connectivity index (χ1) is 8.53. The van der Waals surface area contributed by atoms with Crippen molar-refractivity contribution < 1.29 is 4.74 Å². The summed E-state index contributed by atoms with van der Waals surface area (Å²) in [4.78, 5) is 2.61. The molecule has 3 nitrogen and oxygen atoms in total. The Balaban J connectivity index is 1.58. The molecule has 0 aromatic heterocycles. The largest absolute Gasteiger partial charge is 0.375 e. The van der Waals surface area contributed by atoms with E-state index in [-0.39, 0.29) is 11.1 Å². The quantitative estimate of drug-likeness (QED) is 0.818. The maximum atomic E-state index is 6.41. The number of nitrogens with zero attached hydrogens (tertiary/aromatic N) is 1. The van der Waals surface area contributed by atoms with E-state index < -0.39 is 0 Å². The minimum atomic E-state index is 0.0706. The van der Waals surface area contributed by atoms with Gasteiger partial charge in [0.2, 0.25) is 0 Å². The van der Waals surface area contributed by atoms with Crippen LogP contribution in [0.5, 0.6) is 0 Å². The van der Waals surface area contributed by atoms with Crippen LogP contribution in [0.25, 0.3) is 0 Å². The van der Waals surface area contributed by atoms with Crippen molar-refractivity contribution in [2.45, 2.75) is 69.6 Å². The molecule has 0 amide bonds. The van der Waals surface area contributed by atoms with Crippen LogP contribution in [0.2, 0.25) is 0 Å². The predicted molar refractivity (Wildman–Crippen MR) is 73.5 cm³/mol. The molecule has 0 aromatic rings. The third-order valence-corrected chi connectivity index (χ3v) is 5.64. The van der Waals surface area contributed by atoms with Gasteiger partial charge in [0.25, 0.3) is 0 Å². The van der Waals surface area contributed by atoms with Crippen LogP contribution in [-0.4, -0.2) is 41.8 Å². The summed E-state index contributed by atoms with van der Waals surface area (Å²) < 4.78 is 6.12. The Morgan fingerprint density at radius 2 is 1.89 bits per heavy atom. The molecule has 3 heteroatoms. The molecule has 1 spiro atoms. The Labute approximate surface area is 111 Å². The van der Waals surface area contributed by atoms with Gasteiger partial charge in [-0.15, -0.1) is 0 Å². The van der Waals surface area contributed by atoms with Crippen molar-refractivity contribution in [3.63, 3.8) is 0 Å². The maximum Gasteiger partial charge on any atom is 0.0697 e. The summed E-state index contributed by atoms with van der Waals surface area (Å²) in [5.74, 6) is 0.592. The van der Waals surface area contributed by atoms with Crippen LogP contribution in [0, 0.1) is 5.92 Å². The Kier molecular flexibility index (Phi) is 3.20. The van der Waals surface area contributed by atoms with Crippen molar-refractivity contribution in [2.24, 2.45) is 11.7 Å². The smallest absolute Gasteiger partial charge is 0.0697 e. The van der Waals surface area contributed by atoms with Gasteiger partial charge in [-0.3, -0.25) is 4.90 Å². The fourth-order valence-corrected chi connectivity index (χ4v) is 4.01. The van der Waals surface area contributed by atoms with Gasteiger partial charge in [0.05, 0.1) is 5.60 Å². The molecule has 0 aromatic carbocycles. The second kappa shape index (κ2) is 4.46. The number of hydrogen-bond donors (Lipinski definition) is 1. The van der Waals surface area contributed by atoms with Gasteiger partial charge in [-0.1, -0.05) is 26.7 Å². The average molecular weight is 252 g/mol. The molecule has 0 bridgehead atoms. The SMILES string of the molecule is CC(C)C1(N)CN(C2CCOC3(CCCC3)C2)C1. The highest BCUT2D eigenvalue weighted by molar-refractivity contribution is 5.06. The molecule has 1 atom stereocenters. The highest BCUT2D eigenvalue weighted by Crippen LogP contribution is 2.42. The van der Waals surface area contributed by atoms with Crippen LogP contribution in [0.4, 0.5) is 0 Å². The van der Waals surface area contributed by atoms with E-state index in [0.29, 0.717) is 5.92 Å². The first-order valence-corrected chi connectivity index (χ1v) is 7.70. The summed E-state index contributed by atoms with van der Waals surface area (Å²) in [6.45, 7) is 7.64. The molecular weight excluding hydrogens is 224 g/mol. The van der Waals surface area contributed by atoms with Crippen molar-refractivity contribution >= 4 is 0 Å². The monoisotopic (exact) mass is 252 g/mol. The number of likely N-dealkylation sites (tertiary alicyclic amines) is 1. The Morgan fingerprint density at radius 1 is 1.22 bits per heavy atom. The standard InChI is InChI=1S/C15H28N2O/c1-12(2)15(16)10-17(11-15)13-5-8-18-14(9-13)6-3-4-7-14/h12-13H,3-11,16H2,1-2H3. The molecule has 2 saturated heterocycles. The fraction of sp³-hybridized carbons (Fsp3) is 1.00. The first-order valence-electron chi connectivity index (χ1n) is 7.70. The summed E-state index contributed by atoms with van der Waals surface area (Å²) in [6.07, 6.45) is 7.75. The van der Waals surface area contributed by atoms with Gasteiger partial charge in [0.1, 0.15) is 0 Å². The Morgan fingerprint density at radius 3 is 2.50 bits per heavy atom. The van der Waals surface area contributed by atoms with Crippen molar-refractivity contribution in [3.8, 4) is 0 Å². The van der Waals surface area contributed by atoms with Crippen LogP contribution in [0.15, 0.2) is 0 Å². The topological polar surface area (TPSA) is 38.5 Å². The van der Waals surface area contributed by atoms with Gasteiger partial charge in [0, 0.05) is 31.3 Å². The van der Waals surface area contributed by atoms with Crippen molar-refractivity contribution in [3.05, 3.63) is 0 Å². The molecule has 1 aliphatic carbocycles. The molecule has 104 valence electrons. The lowest BCUT2D eigenvalue weighted by molar-refractivity contribution is -0.122. The molecule has 1 unspecified atom stereocenters. The number of hydrogen-bond acceptors (Lipinski definition) is 3. The molecule has 3 rings (SSSR count). The van der Waals surface area contributed by atoms with Gasteiger partial charge >= 0.3 is 0 Å². The molecule has 3 fully saturated rings. The second-order valence-corrected chi connectivity index (χ2v) is 7.18. The molecule has 2 aliphatic heterocycles. The second-order valence-electron chi connectivity index (χ2n) is 7.18. The van der Waals surface area contributed by atoms with E-state index in [2.05, 4.69) is 18.7 Å². The van der Waals surface area contributed by atoms with E-state index >= 15 is 0 Å². The van der Waals surface area contributed by atoms with Crippen LogP contribution in [-0.2, 0) is 4.74 Å². The zero-order valence-corrected chi connectivity index (χ0v) is 12.0. The normalized spacial score (nSPS) is 35.0. The lowest BCUT2D eigenvalue weighted by Crippen LogP contribution is -2.72. The summed E-state index contributed by atoms with van der Waals surface area (Å²) in [5, 5.41) is 0. The number of rotatable bonds is 2. The predicted octanol–water partition coefficient (Wildman–Crippen LogP) is 2.15. The molecule has 18 heavy (non-hydrogen) atoms. The summed E-state index contributed by atoms with van der Waals surface area (Å²) in [6, 6.07) is 0.729. The Hall–Kier alpha value is -0.120. The highest BCUT2D eigenvalue weighted by Gasteiger charge is 2.48. The molecule has 1 saturated carbocycles. The third kappa shape index (κ3) is 2.10. The number of nitrogens with two attached hydrogens (primary N) is 1. The third-order valence-electron chi connectivity index (χ3n) is 5.64. The van der Waals surface area contributed by atoms with Crippen LogP contribution < -0.4 is 5.73 Å². The minimum Gasteiger partial charge on any atom is -0.375 e. The van der Waals surface area contributed by atoms with E-state index in [0.717, 1.165) is 25.7 Å². The van der Waals surface area contributed by atoms with Crippen molar-refractivity contribution in [1.29, 1.82) is 0 Å². The van der Waals surface area contributed by atoms with Gasteiger partial charge < -0.3 is 10.5 Å². The molecule has 2 heterocycles. The van der Waals surface area contributed by atoms with Gasteiger partial charge in [-0.25, -0.2) is 0 Å². The van der Waals surface area contributed by atoms with Crippen molar-refractivity contribution in [2.75, 3.05) is 19.7 Å². The molecule has 0 radical (unpaired) electrons. The van der Waals surface area contributed by atoms with E-state index in [9.17, 15) is 0 Å². The maximum absolute atomic E-state index is 6.41. The summed E-state index contributed by atoms with van der Waals surface area (Å²) >= 11 is 0. The van der Waals surface area contributed by atoms with E-state index in [4.69, 9.17) is 10.5 Å². The lowest BCUT2D eigenvalue weighted by Gasteiger charge is -2.56. The number of ether oxygens (including phenoxy) is 1. The highest BCUT2D eigenvalue weighted by atomic mass is 16.5. The van der Waals surface area contributed by atoms with E-state index in [1.54, 1.807) is 0 Å². The van der Waals surface area contributed by atoms with E-state index in [1.165, 1.54) is 38.5 Å². The summed E-state index contributed by atoms with van der Waals surface area (Å²) in [5.41, 5.74) is 6.73. The van der Waals surface area contributed by atoms with Gasteiger partial charge in [0.15, 0.2) is 0 Å². The molecule has 3 aliphatic rings. The van der Waals surface area contributed by atoms with Crippen LogP contribution >= 0.6 is 0 Å². The van der Waals surface area contributed by atoms with Gasteiger partial charge in [-0.05, 0) is 31.6 Å². The minimum absolute atomic E-state index is 0.0706. The van der Waals surface area contributed by atoms with Crippen LogP contribution in [0.1, 0.15) is 52.4 Å². The average Bonchev–Trinajstić information content (AvgIpc) is 2.72. The Bertz CT molecular complexity index is 304. The zero-order chi connectivity index (χ0) is 12.8. The summed E-state index contributed by atoms with van der Waals surface area (Å²) in [7, 11) is 0. The lowest BCUT2D eigenvalue weighted by atomic mass is 9.77. The fourth-order valence-electron chi connectivity index (χ4n) is 4.01. The molecule has 2 N–H and O–H groups in total. The van der Waals surface area contributed by atoms with Gasteiger partial charge in [-0.2, -0.15) is 0 Å². The molecular formula is C15H28N2O.